The molecule has 0 unspecified atom stereocenters. The number of ether oxygens (including phenoxy) is 2. The molecular weight excluding hydrogens is 194 g/mol. The molecule has 1 aromatic rings. The zero-order valence-electron chi connectivity index (χ0n) is 9.41. The van der Waals surface area contributed by atoms with Gasteiger partial charge in [-0.15, -0.1) is 0 Å². The van der Waals surface area contributed by atoms with Crippen molar-refractivity contribution in [2.24, 2.45) is 0 Å². The van der Waals surface area contributed by atoms with Gasteiger partial charge >= 0.3 is 0 Å². The number of nitrogens with zero attached hydrogens (tertiary/aromatic N) is 2. The van der Waals surface area contributed by atoms with Crippen molar-refractivity contribution in [3.8, 4) is 5.88 Å². The summed E-state index contributed by atoms with van der Waals surface area (Å²) in [5, 5.41) is 2.95. The van der Waals surface area contributed by atoms with E-state index in [1.807, 2.05) is 14.0 Å². The monoisotopic (exact) mass is 211 g/mol. The Labute approximate surface area is 89.8 Å². The van der Waals surface area contributed by atoms with Gasteiger partial charge in [0.1, 0.15) is 11.6 Å². The van der Waals surface area contributed by atoms with Gasteiger partial charge in [0.05, 0.1) is 6.61 Å². The lowest BCUT2D eigenvalue weighted by Gasteiger charge is -2.07. The fourth-order valence-corrected chi connectivity index (χ4v) is 1.12. The third kappa shape index (κ3) is 4.12. The third-order valence-corrected chi connectivity index (χ3v) is 1.81. The van der Waals surface area contributed by atoms with Gasteiger partial charge in [-0.3, -0.25) is 0 Å². The number of rotatable bonds is 6. The van der Waals surface area contributed by atoms with Crippen LogP contribution in [0.2, 0.25) is 0 Å². The van der Waals surface area contributed by atoms with E-state index in [-0.39, 0.29) is 0 Å². The summed E-state index contributed by atoms with van der Waals surface area (Å²) in [6.07, 6.45) is 0.856. The minimum Gasteiger partial charge on any atom is -0.477 e. The zero-order valence-corrected chi connectivity index (χ0v) is 9.41. The third-order valence-electron chi connectivity index (χ3n) is 1.81. The summed E-state index contributed by atoms with van der Waals surface area (Å²) in [6, 6.07) is 1.78. The van der Waals surface area contributed by atoms with Gasteiger partial charge in [0.25, 0.3) is 0 Å². The van der Waals surface area contributed by atoms with Gasteiger partial charge in [0.15, 0.2) is 0 Å². The Morgan fingerprint density at radius 1 is 1.33 bits per heavy atom. The second-order valence-electron chi connectivity index (χ2n) is 3.08. The van der Waals surface area contributed by atoms with Crippen molar-refractivity contribution in [2.45, 2.75) is 13.3 Å². The summed E-state index contributed by atoms with van der Waals surface area (Å²) in [7, 11) is 3.49. The van der Waals surface area contributed by atoms with Gasteiger partial charge in [-0.05, 0) is 6.92 Å². The summed E-state index contributed by atoms with van der Waals surface area (Å²) in [4.78, 5) is 8.34. The summed E-state index contributed by atoms with van der Waals surface area (Å²) >= 11 is 0. The Morgan fingerprint density at radius 3 is 2.80 bits per heavy atom. The van der Waals surface area contributed by atoms with Crippen LogP contribution in [0.25, 0.3) is 0 Å². The Kier molecular flexibility index (Phi) is 4.83. The Hall–Kier alpha value is -1.36. The predicted octanol–water partition coefficient (Wildman–Crippen LogP) is 1.24. The predicted molar refractivity (Wildman–Crippen MR) is 58.3 cm³/mol. The van der Waals surface area contributed by atoms with Crippen LogP contribution in [-0.4, -0.2) is 37.3 Å². The molecule has 1 aromatic heterocycles. The zero-order chi connectivity index (χ0) is 11.1. The molecular formula is C10H17N3O2. The average molecular weight is 211 g/mol. The van der Waals surface area contributed by atoms with Crippen LogP contribution in [0.15, 0.2) is 6.07 Å². The van der Waals surface area contributed by atoms with E-state index in [1.165, 1.54) is 0 Å². The molecule has 0 amide bonds. The molecule has 0 radical (unpaired) electrons. The van der Waals surface area contributed by atoms with Gasteiger partial charge in [-0.25, -0.2) is 4.98 Å². The highest BCUT2D eigenvalue weighted by atomic mass is 16.5. The second-order valence-corrected chi connectivity index (χ2v) is 3.08. The molecule has 0 atom stereocenters. The van der Waals surface area contributed by atoms with Crippen molar-refractivity contribution in [2.75, 3.05) is 32.7 Å². The number of nitrogens with one attached hydrogen (secondary N) is 1. The highest BCUT2D eigenvalue weighted by molar-refractivity contribution is 5.37. The van der Waals surface area contributed by atoms with Crippen LogP contribution >= 0.6 is 0 Å². The minimum absolute atomic E-state index is 0.600. The largest absolute Gasteiger partial charge is 0.477 e. The van der Waals surface area contributed by atoms with Crippen LogP contribution in [-0.2, 0) is 4.74 Å². The molecule has 0 fully saturated rings. The van der Waals surface area contributed by atoms with Crippen molar-refractivity contribution in [3.05, 3.63) is 11.9 Å². The molecule has 1 heterocycles. The standard InChI is InChI=1S/C10H17N3O2/c1-8-12-9(11-2)7-10(13-8)15-6-4-5-14-3/h7H,4-6H2,1-3H3,(H,11,12,13). The van der Waals surface area contributed by atoms with E-state index in [1.54, 1.807) is 13.2 Å². The molecule has 0 aliphatic rings. The van der Waals surface area contributed by atoms with Gasteiger partial charge in [0.2, 0.25) is 5.88 Å². The molecule has 0 spiro atoms. The van der Waals surface area contributed by atoms with Crippen LogP contribution in [0, 0.1) is 6.92 Å². The Bertz CT molecular complexity index is 305. The van der Waals surface area contributed by atoms with Gasteiger partial charge in [-0.1, -0.05) is 0 Å². The van der Waals surface area contributed by atoms with Gasteiger partial charge in [0, 0.05) is 33.3 Å². The fourth-order valence-electron chi connectivity index (χ4n) is 1.12. The van der Waals surface area contributed by atoms with Crippen LogP contribution in [0.4, 0.5) is 5.82 Å². The lowest BCUT2D eigenvalue weighted by atomic mass is 10.5. The van der Waals surface area contributed by atoms with Crippen molar-refractivity contribution >= 4 is 5.82 Å². The molecule has 0 aromatic carbocycles. The van der Waals surface area contributed by atoms with E-state index in [4.69, 9.17) is 9.47 Å². The topological polar surface area (TPSA) is 56.3 Å². The van der Waals surface area contributed by atoms with Crippen LogP contribution in [0.1, 0.15) is 12.2 Å². The lowest BCUT2D eigenvalue weighted by molar-refractivity contribution is 0.170. The number of aromatic nitrogens is 2. The maximum Gasteiger partial charge on any atom is 0.218 e. The lowest BCUT2D eigenvalue weighted by Crippen LogP contribution is -2.05. The maximum atomic E-state index is 5.46. The number of aryl methyl sites for hydroxylation is 1. The van der Waals surface area contributed by atoms with Gasteiger partial charge in [-0.2, -0.15) is 4.98 Å². The smallest absolute Gasteiger partial charge is 0.218 e. The maximum absolute atomic E-state index is 5.46. The molecule has 1 N–H and O–H groups in total. The van der Waals surface area contributed by atoms with Crippen LogP contribution in [0.5, 0.6) is 5.88 Å². The van der Waals surface area contributed by atoms with E-state index in [0.29, 0.717) is 24.9 Å². The SMILES string of the molecule is CNc1cc(OCCCOC)nc(C)n1. The Balaban J connectivity index is 2.49. The molecule has 15 heavy (non-hydrogen) atoms. The molecule has 5 heteroatoms. The van der Waals surface area contributed by atoms with Crippen molar-refractivity contribution in [1.29, 1.82) is 0 Å². The summed E-state index contributed by atoms with van der Waals surface area (Å²) in [5.41, 5.74) is 0. The molecule has 0 saturated heterocycles. The van der Waals surface area contributed by atoms with E-state index < -0.39 is 0 Å². The highest BCUT2D eigenvalue weighted by Gasteiger charge is 2.00. The quantitative estimate of drug-likeness (QED) is 0.717. The summed E-state index contributed by atoms with van der Waals surface area (Å²) in [5.74, 6) is 2.07. The molecule has 84 valence electrons. The van der Waals surface area contributed by atoms with E-state index in [9.17, 15) is 0 Å². The molecule has 0 aliphatic carbocycles. The summed E-state index contributed by atoms with van der Waals surface area (Å²) in [6.45, 7) is 3.14. The van der Waals surface area contributed by atoms with Gasteiger partial charge < -0.3 is 14.8 Å². The van der Waals surface area contributed by atoms with E-state index in [0.717, 1.165) is 12.2 Å². The van der Waals surface area contributed by atoms with Crippen molar-refractivity contribution in [1.82, 2.24) is 9.97 Å². The first-order valence-corrected chi connectivity index (χ1v) is 4.91. The number of hydrogen-bond acceptors (Lipinski definition) is 5. The number of anilines is 1. The molecule has 0 aliphatic heterocycles. The average Bonchev–Trinajstić information content (AvgIpc) is 2.23. The first kappa shape index (κ1) is 11.7. The van der Waals surface area contributed by atoms with Crippen molar-refractivity contribution in [3.63, 3.8) is 0 Å². The van der Waals surface area contributed by atoms with E-state index >= 15 is 0 Å². The first-order chi connectivity index (χ1) is 7.26. The van der Waals surface area contributed by atoms with Crippen molar-refractivity contribution < 1.29 is 9.47 Å². The minimum atomic E-state index is 0.600. The highest BCUT2D eigenvalue weighted by Crippen LogP contribution is 2.12. The first-order valence-electron chi connectivity index (χ1n) is 4.91. The molecule has 0 bridgehead atoms. The normalized spacial score (nSPS) is 10.1. The Morgan fingerprint density at radius 2 is 2.13 bits per heavy atom. The number of hydrogen-bond donors (Lipinski definition) is 1. The fraction of sp³-hybridized carbons (Fsp3) is 0.600. The molecule has 5 nitrogen and oxygen atoms in total. The summed E-state index contributed by atoms with van der Waals surface area (Å²) < 4.78 is 10.4. The number of methoxy groups -OCH3 is 1. The second kappa shape index (κ2) is 6.19. The molecule has 0 saturated carbocycles. The van der Waals surface area contributed by atoms with E-state index in [2.05, 4.69) is 15.3 Å². The van der Waals surface area contributed by atoms with Crippen LogP contribution < -0.4 is 10.1 Å². The van der Waals surface area contributed by atoms with Crippen LogP contribution in [0.3, 0.4) is 0 Å². The molecule has 1 rings (SSSR count).